The highest BCUT2D eigenvalue weighted by Gasteiger charge is 2.25. The number of hydrogen-bond donors (Lipinski definition) is 4. The molecule has 0 aliphatic carbocycles. The molecule has 1 saturated heterocycles. The van der Waals surface area contributed by atoms with Crippen LogP contribution in [0.1, 0.15) is 24.6 Å². The summed E-state index contributed by atoms with van der Waals surface area (Å²) in [6, 6.07) is 0. The molecule has 4 N–H and O–H groups in total. The van der Waals surface area contributed by atoms with Crippen molar-refractivity contribution in [2.75, 3.05) is 6.79 Å². The highest BCUT2D eigenvalue weighted by Crippen LogP contribution is 2.24. The van der Waals surface area contributed by atoms with E-state index < -0.39 is 30.6 Å². The number of ether oxygens (including phenoxy) is 1. The summed E-state index contributed by atoms with van der Waals surface area (Å²) >= 11 is 0. The number of aliphatic hydroxyl groups is 3. The van der Waals surface area contributed by atoms with Crippen LogP contribution in [0.25, 0.3) is 0 Å². The second-order valence-electron chi connectivity index (χ2n) is 3.74. The molecular formula is C10H16N2O6. The maximum atomic E-state index is 11.4. The van der Waals surface area contributed by atoms with Crippen molar-refractivity contribution in [3.63, 3.8) is 0 Å². The van der Waals surface area contributed by atoms with Crippen LogP contribution in [0.4, 0.5) is 0 Å². The van der Waals surface area contributed by atoms with Gasteiger partial charge in [-0.05, 0) is 13.3 Å². The minimum absolute atomic E-state index is 0.394. The maximum absolute atomic E-state index is 11.4. The Kier molecular flexibility index (Phi) is 5.23. The van der Waals surface area contributed by atoms with Crippen molar-refractivity contribution < 1.29 is 20.1 Å². The van der Waals surface area contributed by atoms with Gasteiger partial charge in [0.05, 0.1) is 0 Å². The lowest BCUT2D eigenvalue weighted by Gasteiger charge is -2.13. The lowest BCUT2D eigenvalue weighted by atomic mass is 10.3. The SMILES string of the molecule is Cc1cn(C2CC[C@@H](O)O2)c(=O)[nH]c1=O.OCO. The molecule has 0 saturated carbocycles. The molecule has 8 heteroatoms. The van der Waals surface area contributed by atoms with E-state index in [0.29, 0.717) is 18.4 Å². The monoisotopic (exact) mass is 260 g/mol. The first-order valence-electron chi connectivity index (χ1n) is 5.37. The van der Waals surface area contributed by atoms with Crippen LogP contribution in [0, 0.1) is 6.92 Å². The third kappa shape index (κ3) is 3.50. The Labute approximate surface area is 102 Å². The van der Waals surface area contributed by atoms with Crippen molar-refractivity contribution in [2.24, 2.45) is 0 Å². The van der Waals surface area contributed by atoms with Crippen molar-refractivity contribution in [2.45, 2.75) is 32.3 Å². The fraction of sp³-hybridized carbons (Fsp3) is 0.600. The molecule has 1 aromatic heterocycles. The van der Waals surface area contributed by atoms with E-state index in [1.165, 1.54) is 10.8 Å². The summed E-state index contributed by atoms with van der Waals surface area (Å²) in [6.07, 6.45) is 1.20. The summed E-state index contributed by atoms with van der Waals surface area (Å²) in [6.45, 7) is 0.861. The Bertz CT molecular complexity index is 494. The zero-order valence-electron chi connectivity index (χ0n) is 9.87. The van der Waals surface area contributed by atoms with Crippen LogP contribution < -0.4 is 11.2 Å². The van der Waals surface area contributed by atoms with Crippen LogP contribution in [-0.4, -0.2) is 38.0 Å². The maximum Gasteiger partial charge on any atom is 0.330 e. The first-order valence-corrected chi connectivity index (χ1v) is 5.37. The van der Waals surface area contributed by atoms with E-state index in [9.17, 15) is 9.59 Å². The van der Waals surface area contributed by atoms with Gasteiger partial charge in [0.15, 0.2) is 6.29 Å². The van der Waals surface area contributed by atoms with Gasteiger partial charge in [0.1, 0.15) is 13.0 Å². The molecule has 0 spiro atoms. The molecule has 0 radical (unpaired) electrons. The first kappa shape index (κ1) is 14.6. The van der Waals surface area contributed by atoms with Gasteiger partial charge in [0, 0.05) is 18.2 Å². The molecule has 0 bridgehead atoms. The minimum atomic E-state index is -0.825. The fourth-order valence-corrected chi connectivity index (χ4v) is 1.61. The standard InChI is InChI=1S/C9H12N2O4.CH4O2/c1-5-4-11(9(14)10-8(5)13)6-2-3-7(12)15-6;2-1-3/h4,6-7,12H,2-3H2,1H3,(H,10,13,14);2-3H,1H2/t6?,7-;/m0./s1. The lowest BCUT2D eigenvalue weighted by Crippen LogP contribution is -2.33. The summed E-state index contributed by atoms with van der Waals surface area (Å²) in [5.41, 5.74) is -0.459. The third-order valence-electron chi connectivity index (χ3n) is 2.43. The molecule has 18 heavy (non-hydrogen) atoms. The van der Waals surface area contributed by atoms with Gasteiger partial charge in [0.25, 0.3) is 5.56 Å². The minimum Gasteiger partial charge on any atom is -0.371 e. The molecule has 1 unspecified atom stereocenters. The van der Waals surface area contributed by atoms with Crippen molar-refractivity contribution in [1.29, 1.82) is 0 Å². The zero-order valence-corrected chi connectivity index (χ0v) is 9.87. The van der Waals surface area contributed by atoms with Crippen molar-refractivity contribution in [1.82, 2.24) is 9.55 Å². The van der Waals surface area contributed by atoms with Gasteiger partial charge in [-0.25, -0.2) is 4.79 Å². The number of aromatic nitrogens is 2. The largest absolute Gasteiger partial charge is 0.371 e. The molecule has 2 rings (SSSR count). The van der Waals surface area contributed by atoms with E-state index in [1.54, 1.807) is 6.92 Å². The van der Waals surface area contributed by atoms with E-state index in [1.807, 2.05) is 0 Å². The predicted molar refractivity (Wildman–Crippen MR) is 60.7 cm³/mol. The third-order valence-corrected chi connectivity index (χ3v) is 2.43. The van der Waals surface area contributed by atoms with Crippen LogP contribution >= 0.6 is 0 Å². The number of aliphatic hydroxyl groups excluding tert-OH is 2. The number of rotatable bonds is 1. The summed E-state index contributed by atoms with van der Waals surface area (Å²) in [7, 11) is 0. The van der Waals surface area contributed by atoms with Gasteiger partial charge in [-0.1, -0.05) is 0 Å². The van der Waals surface area contributed by atoms with E-state index in [-0.39, 0.29) is 0 Å². The fourth-order valence-electron chi connectivity index (χ4n) is 1.61. The van der Waals surface area contributed by atoms with E-state index >= 15 is 0 Å². The number of nitrogens with zero attached hydrogens (tertiary/aromatic N) is 1. The van der Waals surface area contributed by atoms with Crippen LogP contribution in [0.2, 0.25) is 0 Å². The predicted octanol–water partition coefficient (Wildman–Crippen LogP) is -1.60. The van der Waals surface area contributed by atoms with Gasteiger partial charge in [-0.2, -0.15) is 0 Å². The Balaban J connectivity index is 0.000000492. The Morgan fingerprint density at radius 2 is 2.06 bits per heavy atom. The molecule has 0 amide bonds. The second kappa shape index (κ2) is 6.45. The molecule has 0 aromatic carbocycles. The van der Waals surface area contributed by atoms with Crippen molar-refractivity contribution in [3.8, 4) is 0 Å². The summed E-state index contributed by atoms with van der Waals surface area (Å²) in [4.78, 5) is 24.7. The van der Waals surface area contributed by atoms with Crippen molar-refractivity contribution in [3.05, 3.63) is 32.6 Å². The average Bonchev–Trinajstić information content (AvgIpc) is 2.71. The van der Waals surface area contributed by atoms with Crippen LogP contribution in [0.3, 0.4) is 0 Å². The average molecular weight is 260 g/mol. The Morgan fingerprint density at radius 1 is 1.44 bits per heavy atom. The van der Waals surface area contributed by atoms with Gasteiger partial charge < -0.3 is 20.1 Å². The summed E-state index contributed by atoms with van der Waals surface area (Å²) in [5, 5.41) is 23.4. The quantitative estimate of drug-likeness (QED) is 0.451. The highest BCUT2D eigenvalue weighted by atomic mass is 16.6. The second-order valence-corrected chi connectivity index (χ2v) is 3.74. The lowest BCUT2D eigenvalue weighted by molar-refractivity contribution is -0.113. The number of hydrogen-bond acceptors (Lipinski definition) is 6. The van der Waals surface area contributed by atoms with Gasteiger partial charge in [-0.15, -0.1) is 0 Å². The van der Waals surface area contributed by atoms with E-state index in [4.69, 9.17) is 20.1 Å². The van der Waals surface area contributed by atoms with Crippen LogP contribution in [0.15, 0.2) is 15.8 Å². The highest BCUT2D eigenvalue weighted by molar-refractivity contribution is 5.01. The van der Waals surface area contributed by atoms with Gasteiger partial charge in [0.2, 0.25) is 0 Å². The number of aryl methyl sites for hydroxylation is 1. The molecule has 2 heterocycles. The molecule has 1 aliphatic rings. The molecule has 1 aromatic rings. The summed E-state index contributed by atoms with van der Waals surface area (Å²) < 4.78 is 6.42. The normalized spacial score (nSPS) is 22.4. The van der Waals surface area contributed by atoms with E-state index in [0.717, 1.165) is 0 Å². The number of nitrogens with one attached hydrogen (secondary N) is 1. The zero-order chi connectivity index (χ0) is 13.7. The topological polar surface area (TPSA) is 125 Å². The molecular weight excluding hydrogens is 244 g/mol. The molecule has 8 nitrogen and oxygen atoms in total. The number of aromatic amines is 1. The smallest absolute Gasteiger partial charge is 0.330 e. The van der Waals surface area contributed by atoms with Gasteiger partial charge in [-0.3, -0.25) is 14.3 Å². The molecule has 102 valence electrons. The van der Waals surface area contributed by atoms with Crippen LogP contribution in [-0.2, 0) is 4.74 Å². The Morgan fingerprint density at radius 3 is 2.56 bits per heavy atom. The molecule has 1 aliphatic heterocycles. The Hall–Kier alpha value is -1.48. The van der Waals surface area contributed by atoms with Gasteiger partial charge >= 0.3 is 5.69 Å². The first-order chi connectivity index (χ1) is 8.49. The molecule has 2 atom stereocenters. The van der Waals surface area contributed by atoms with Crippen molar-refractivity contribution >= 4 is 0 Å². The number of H-pyrrole nitrogens is 1. The van der Waals surface area contributed by atoms with E-state index in [2.05, 4.69) is 4.98 Å². The summed E-state index contributed by atoms with van der Waals surface area (Å²) in [5.74, 6) is 0. The molecule has 1 fully saturated rings. The van der Waals surface area contributed by atoms with Crippen LogP contribution in [0.5, 0.6) is 0 Å².